The molecule has 0 bridgehead atoms. The summed E-state index contributed by atoms with van der Waals surface area (Å²) in [5.41, 5.74) is 2.58. The first kappa shape index (κ1) is 13.3. The molecule has 2 aromatic rings. The summed E-state index contributed by atoms with van der Waals surface area (Å²) in [6, 6.07) is 17.1. The standard InChI is InChI=1S/C15H11BrN2O/c16-15-3-1-2-14(8-15)10-18-19-11-13-6-4-12(9-17)5-7-13/h1-8,10H,11H2. The molecule has 19 heavy (non-hydrogen) atoms. The van der Waals surface area contributed by atoms with Crippen molar-refractivity contribution in [2.75, 3.05) is 0 Å². The molecule has 2 rings (SSSR count). The Morgan fingerprint density at radius 3 is 2.68 bits per heavy atom. The Morgan fingerprint density at radius 1 is 1.21 bits per heavy atom. The van der Waals surface area contributed by atoms with Gasteiger partial charge in [-0.2, -0.15) is 5.26 Å². The molecule has 0 amide bonds. The Hall–Kier alpha value is -2.12. The fourth-order valence-electron chi connectivity index (χ4n) is 1.47. The maximum Gasteiger partial charge on any atom is 0.142 e. The predicted molar refractivity (Wildman–Crippen MR) is 77.7 cm³/mol. The monoisotopic (exact) mass is 314 g/mol. The highest BCUT2D eigenvalue weighted by molar-refractivity contribution is 9.10. The fourth-order valence-corrected chi connectivity index (χ4v) is 1.89. The molecule has 94 valence electrons. The first-order valence-electron chi connectivity index (χ1n) is 5.68. The van der Waals surface area contributed by atoms with Crippen LogP contribution in [0.3, 0.4) is 0 Å². The average molecular weight is 315 g/mol. The average Bonchev–Trinajstić information content (AvgIpc) is 2.44. The molecule has 0 aliphatic rings. The first-order chi connectivity index (χ1) is 9.28. The van der Waals surface area contributed by atoms with Gasteiger partial charge < -0.3 is 4.84 Å². The van der Waals surface area contributed by atoms with Gasteiger partial charge in [-0.15, -0.1) is 0 Å². The van der Waals surface area contributed by atoms with Gasteiger partial charge in [0.25, 0.3) is 0 Å². The van der Waals surface area contributed by atoms with E-state index >= 15 is 0 Å². The second-order valence-electron chi connectivity index (χ2n) is 3.87. The minimum absolute atomic E-state index is 0.385. The van der Waals surface area contributed by atoms with Gasteiger partial charge in [0.2, 0.25) is 0 Å². The second-order valence-corrected chi connectivity index (χ2v) is 4.79. The van der Waals surface area contributed by atoms with E-state index in [4.69, 9.17) is 10.1 Å². The quantitative estimate of drug-likeness (QED) is 0.635. The molecule has 0 fully saturated rings. The molecule has 3 nitrogen and oxygen atoms in total. The highest BCUT2D eigenvalue weighted by Gasteiger charge is 1.94. The van der Waals surface area contributed by atoms with E-state index in [1.165, 1.54) is 0 Å². The third kappa shape index (κ3) is 4.23. The maximum absolute atomic E-state index is 8.68. The van der Waals surface area contributed by atoms with Crippen molar-refractivity contribution < 1.29 is 4.84 Å². The highest BCUT2D eigenvalue weighted by Crippen LogP contribution is 2.10. The van der Waals surface area contributed by atoms with E-state index in [0.717, 1.165) is 15.6 Å². The Bertz CT molecular complexity index is 615. The van der Waals surface area contributed by atoms with E-state index in [1.807, 2.05) is 36.4 Å². The number of nitrogens with zero attached hydrogens (tertiary/aromatic N) is 2. The van der Waals surface area contributed by atoms with Crippen LogP contribution in [0.25, 0.3) is 0 Å². The van der Waals surface area contributed by atoms with E-state index in [-0.39, 0.29) is 0 Å². The van der Waals surface area contributed by atoms with Crippen LogP contribution < -0.4 is 0 Å². The Kier molecular flexibility index (Phi) is 4.71. The van der Waals surface area contributed by atoms with Crippen molar-refractivity contribution in [1.29, 1.82) is 5.26 Å². The fraction of sp³-hybridized carbons (Fsp3) is 0.0667. The second kappa shape index (κ2) is 6.72. The van der Waals surface area contributed by atoms with Crippen LogP contribution in [0.15, 0.2) is 58.2 Å². The summed E-state index contributed by atoms with van der Waals surface area (Å²) in [5.74, 6) is 0. The number of nitriles is 1. The third-order valence-electron chi connectivity index (χ3n) is 2.44. The molecular formula is C15H11BrN2O. The van der Waals surface area contributed by atoms with Gasteiger partial charge in [-0.1, -0.05) is 45.4 Å². The minimum Gasteiger partial charge on any atom is -0.391 e. The summed E-state index contributed by atoms with van der Waals surface area (Å²) in [7, 11) is 0. The zero-order valence-corrected chi connectivity index (χ0v) is 11.7. The lowest BCUT2D eigenvalue weighted by Crippen LogP contribution is -1.88. The van der Waals surface area contributed by atoms with Gasteiger partial charge in [0.15, 0.2) is 0 Å². The predicted octanol–water partition coefficient (Wildman–Crippen LogP) is 3.87. The smallest absolute Gasteiger partial charge is 0.142 e. The third-order valence-corrected chi connectivity index (χ3v) is 2.93. The van der Waals surface area contributed by atoms with Gasteiger partial charge in [-0.25, -0.2) is 0 Å². The Balaban J connectivity index is 1.87. The molecule has 0 saturated heterocycles. The lowest BCUT2D eigenvalue weighted by molar-refractivity contribution is 0.132. The normalized spacial score (nSPS) is 10.3. The largest absolute Gasteiger partial charge is 0.391 e. The van der Waals surface area contributed by atoms with Gasteiger partial charge in [-0.3, -0.25) is 0 Å². The van der Waals surface area contributed by atoms with E-state index < -0.39 is 0 Å². The van der Waals surface area contributed by atoms with E-state index in [0.29, 0.717) is 12.2 Å². The molecule has 2 aromatic carbocycles. The van der Waals surface area contributed by atoms with Crippen LogP contribution in [-0.2, 0) is 11.4 Å². The molecule has 0 spiro atoms. The van der Waals surface area contributed by atoms with Gasteiger partial charge in [0.1, 0.15) is 6.61 Å². The van der Waals surface area contributed by atoms with Gasteiger partial charge >= 0.3 is 0 Å². The lowest BCUT2D eigenvalue weighted by Gasteiger charge is -1.99. The molecular weight excluding hydrogens is 304 g/mol. The molecule has 0 N–H and O–H groups in total. The van der Waals surface area contributed by atoms with Crippen molar-refractivity contribution >= 4 is 22.1 Å². The summed E-state index contributed by atoms with van der Waals surface area (Å²) in [4.78, 5) is 5.21. The topological polar surface area (TPSA) is 45.4 Å². The number of hydrogen-bond acceptors (Lipinski definition) is 3. The summed E-state index contributed by atoms with van der Waals surface area (Å²) in [5, 5.41) is 12.6. The number of halogens is 1. The van der Waals surface area contributed by atoms with Crippen LogP contribution in [0.1, 0.15) is 16.7 Å². The van der Waals surface area contributed by atoms with Crippen LogP contribution >= 0.6 is 15.9 Å². The Morgan fingerprint density at radius 2 is 2.00 bits per heavy atom. The molecule has 0 atom stereocenters. The molecule has 0 aromatic heterocycles. The van der Waals surface area contributed by atoms with Crippen molar-refractivity contribution in [3.05, 3.63) is 69.7 Å². The first-order valence-corrected chi connectivity index (χ1v) is 6.47. The van der Waals surface area contributed by atoms with E-state index in [9.17, 15) is 0 Å². The van der Waals surface area contributed by atoms with Crippen LogP contribution in [0.4, 0.5) is 0 Å². The number of hydrogen-bond donors (Lipinski definition) is 0. The molecule has 4 heteroatoms. The number of benzene rings is 2. The summed E-state index contributed by atoms with van der Waals surface area (Å²) >= 11 is 3.39. The molecule has 0 radical (unpaired) electrons. The summed E-state index contributed by atoms with van der Waals surface area (Å²) < 4.78 is 1.00. The van der Waals surface area contributed by atoms with Crippen molar-refractivity contribution in [3.8, 4) is 6.07 Å². The van der Waals surface area contributed by atoms with Crippen molar-refractivity contribution in [2.45, 2.75) is 6.61 Å². The number of rotatable bonds is 4. The molecule has 0 heterocycles. The molecule has 0 aliphatic heterocycles. The zero-order chi connectivity index (χ0) is 13.5. The van der Waals surface area contributed by atoms with E-state index in [2.05, 4.69) is 27.2 Å². The minimum atomic E-state index is 0.385. The van der Waals surface area contributed by atoms with Crippen LogP contribution in [-0.4, -0.2) is 6.21 Å². The Labute approximate surface area is 120 Å². The molecule has 0 aliphatic carbocycles. The van der Waals surface area contributed by atoms with Crippen molar-refractivity contribution in [2.24, 2.45) is 5.16 Å². The lowest BCUT2D eigenvalue weighted by atomic mass is 10.2. The van der Waals surface area contributed by atoms with Crippen LogP contribution in [0, 0.1) is 11.3 Å². The summed E-state index contributed by atoms with van der Waals surface area (Å²) in [6.07, 6.45) is 1.66. The van der Waals surface area contributed by atoms with Gasteiger partial charge in [0.05, 0.1) is 17.8 Å². The van der Waals surface area contributed by atoms with Crippen molar-refractivity contribution in [3.63, 3.8) is 0 Å². The zero-order valence-electron chi connectivity index (χ0n) is 10.1. The van der Waals surface area contributed by atoms with Gasteiger partial charge in [-0.05, 0) is 35.4 Å². The van der Waals surface area contributed by atoms with Crippen molar-refractivity contribution in [1.82, 2.24) is 0 Å². The molecule has 0 saturated carbocycles. The maximum atomic E-state index is 8.68. The highest BCUT2D eigenvalue weighted by atomic mass is 79.9. The molecule has 0 unspecified atom stereocenters. The SMILES string of the molecule is N#Cc1ccc(CON=Cc2cccc(Br)c2)cc1. The number of oxime groups is 1. The summed E-state index contributed by atoms with van der Waals surface area (Å²) in [6.45, 7) is 0.385. The van der Waals surface area contributed by atoms with E-state index in [1.54, 1.807) is 18.3 Å². The van der Waals surface area contributed by atoms with Crippen LogP contribution in [0.2, 0.25) is 0 Å². The van der Waals surface area contributed by atoms with Gasteiger partial charge in [0, 0.05) is 4.47 Å². The van der Waals surface area contributed by atoms with Crippen LogP contribution in [0.5, 0.6) is 0 Å².